The minimum Gasteiger partial charge on any atom is -0.507 e. The Balaban J connectivity index is 1.46. The number of phenolic OH excluding ortho intramolecular Hbond substituents is 1. The van der Waals surface area contributed by atoms with Crippen molar-refractivity contribution in [2.24, 2.45) is 0 Å². The van der Waals surface area contributed by atoms with Crippen molar-refractivity contribution in [3.8, 4) is 67.5 Å². The fourth-order valence-corrected chi connectivity index (χ4v) is 7.66. The van der Waals surface area contributed by atoms with Gasteiger partial charge in [0.2, 0.25) is 0 Å². The Morgan fingerprint density at radius 1 is 0.583 bits per heavy atom. The van der Waals surface area contributed by atoms with E-state index in [-0.39, 0.29) is 28.3 Å². The van der Waals surface area contributed by atoms with Crippen molar-refractivity contribution in [1.29, 1.82) is 0 Å². The first-order chi connectivity index (χ1) is 35.0. The van der Waals surface area contributed by atoms with E-state index >= 15 is 0 Å². The third kappa shape index (κ3) is 7.79. The van der Waals surface area contributed by atoms with Gasteiger partial charge in [-0.2, -0.15) is 0 Å². The number of aryl methyl sites for hydroxylation is 1. The highest BCUT2D eigenvalue weighted by molar-refractivity contribution is 5.98. The Kier molecular flexibility index (Phi) is 6.38. The molecular weight excluding hydrogens is 731 g/mol. The van der Waals surface area contributed by atoms with Crippen LogP contribution in [0.2, 0.25) is 0 Å². The zero-order valence-corrected chi connectivity index (χ0v) is 34.8. The van der Waals surface area contributed by atoms with E-state index in [2.05, 4.69) is 0 Å². The fourth-order valence-electron chi connectivity index (χ4n) is 7.66. The van der Waals surface area contributed by atoms with Crippen molar-refractivity contribution >= 4 is 11.0 Å². The number of nitrogens with zero attached hydrogens (tertiary/aromatic N) is 3. The molecule has 2 aromatic heterocycles. The summed E-state index contributed by atoms with van der Waals surface area (Å²) in [6.07, 6.45) is 1.49. The Bertz CT molecular complexity index is 3510. The average Bonchev–Trinajstić information content (AvgIpc) is 3.76. The molecule has 0 atom stereocenters. The third-order valence-electron chi connectivity index (χ3n) is 10.8. The second kappa shape index (κ2) is 15.1. The van der Waals surface area contributed by atoms with Crippen LogP contribution in [0.25, 0.3) is 72.7 Å². The highest BCUT2D eigenvalue weighted by atomic mass is 16.3. The van der Waals surface area contributed by atoms with Crippen LogP contribution in [0.5, 0.6) is 5.75 Å². The average molecular weight is 804 g/mol. The molecule has 0 aliphatic carbocycles. The monoisotopic (exact) mass is 804 g/mol. The van der Waals surface area contributed by atoms with Gasteiger partial charge in [0.15, 0.2) is 0 Å². The number of para-hydroxylation sites is 1. The number of pyridine rings is 1. The van der Waals surface area contributed by atoms with Crippen LogP contribution in [0.15, 0.2) is 140 Å². The predicted octanol–water partition coefficient (Wildman–Crippen LogP) is 15.0. The van der Waals surface area contributed by atoms with Gasteiger partial charge in [0.05, 0.1) is 33.5 Å². The number of aromatic nitrogens is 3. The first-order valence-corrected chi connectivity index (χ1v) is 19.8. The van der Waals surface area contributed by atoms with E-state index in [1.807, 2.05) is 102 Å². The lowest BCUT2D eigenvalue weighted by molar-refractivity contribution is 0.448. The molecule has 0 saturated carbocycles. The topological polar surface area (TPSA) is 50.9 Å². The van der Waals surface area contributed by atoms with Crippen molar-refractivity contribution in [3.63, 3.8) is 0 Å². The first kappa shape index (κ1) is 25.4. The maximum atomic E-state index is 12.4. The highest BCUT2D eigenvalue weighted by Crippen LogP contribution is 2.45. The molecule has 1 N–H and O–H groups in total. The number of rotatable bonds is 6. The largest absolute Gasteiger partial charge is 0.507 e. The zero-order chi connectivity index (χ0) is 56.2. The van der Waals surface area contributed by atoms with Gasteiger partial charge < -0.3 is 5.11 Å². The van der Waals surface area contributed by atoms with Gasteiger partial charge in [0.1, 0.15) is 11.6 Å². The predicted molar refractivity (Wildman–Crippen MR) is 253 cm³/mol. The number of hydrogen-bond donors (Lipinski definition) is 1. The van der Waals surface area contributed by atoms with Gasteiger partial charge in [0.25, 0.3) is 0 Å². The number of hydrogen-bond acceptors (Lipinski definition) is 3. The van der Waals surface area contributed by atoms with E-state index in [0.29, 0.717) is 55.8 Å². The molecule has 0 bridgehead atoms. The van der Waals surface area contributed by atoms with Crippen LogP contribution in [-0.4, -0.2) is 19.6 Å². The molecule has 4 nitrogen and oxygen atoms in total. The molecule has 8 rings (SSSR count). The Labute approximate surface area is 379 Å². The van der Waals surface area contributed by atoms with Crippen LogP contribution in [0.1, 0.15) is 112 Å². The van der Waals surface area contributed by atoms with Gasteiger partial charge in [-0.3, -0.25) is 9.55 Å². The zero-order valence-electron chi connectivity index (χ0n) is 50.8. The van der Waals surface area contributed by atoms with Crippen molar-refractivity contribution in [2.45, 2.75) is 92.1 Å². The SMILES string of the molecule is [2H]c1c([2H])c(C([2H])([2H])[2H])c([2H])c([2H])c1-c1ccnc(-c2cc(-c3cccc4c3nc(-c3cc(C)cc(C(C)(C)C)c3O)n4-c3ccc(C(C([2H])([2H])[2H])(C([2H])([2H])[2H])C([2H])([2H])[2H])cc3-c3ccccc3)cc(C(C)(C)C)c2)c1. The lowest BCUT2D eigenvalue weighted by Gasteiger charge is -2.24. The van der Waals surface area contributed by atoms with Crippen LogP contribution >= 0.6 is 0 Å². The summed E-state index contributed by atoms with van der Waals surface area (Å²) < 4.78 is 138. The molecule has 0 saturated heterocycles. The van der Waals surface area contributed by atoms with Crippen LogP contribution in [-0.2, 0) is 16.2 Å². The molecule has 2 heterocycles. The van der Waals surface area contributed by atoms with E-state index < -0.39 is 78.9 Å². The van der Waals surface area contributed by atoms with Crippen molar-refractivity contribution in [1.82, 2.24) is 14.5 Å². The number of imidazole rings is 1. The van der Waals surface area contributed by atoms with E-state index in [4.69, 9.17) is 31.9 Å². The first-order valence-electron chi connectivity index (χ1n) is 27.8. The number of benzene rings is 6. The molecule has 0 aliphatic heterocycles. The van der Waals surface area contributed by atoms with E-state index in [1.54, 1.807) is 42.5 Å². The molecule has 0 radical (unpaired) electrons. The highest BCUT2D eigenvalue weighted by Gasteiger charge is 2.28. The molecule has 60 heavy (non-hydrogen) atoms. The molecular formula is C56H57N3O. The summed E-state index contributed by atoms with van der Waals surface area (Å²) in [6.45, 7) is 0.486. The summed E-state index contributed by atoms with van der Waals surface area (Å²) >= 11 is 0. The maximum Gasteiger partial charge on any atom is 0.149 e. The molecule has 4 heteroatoms. The molecule has 0 unspecified atom stereocenters. The van der Waals surface area contributed by atoms with Crippen LogP contribution in [0.3, 0.4) is 0 Å². The standard InChI is InChI=1S/C56H57N3O/c1-35-20-22-37(23-21-35)39-26-27-57-48(33-39)41-30-40(31-43(32-41)55(6,7)8)44-18-15-19-50-51(44)58-53(46-28-36(2)29-47(52(46)60)56(9,10)11)59(50)49-25-24-42(54(3,4)5)34-45(49)38-16-13-12-14-17-38/h12-34,60H,1-11H3/i1D3,3D3,4D3,5D3,20D,21D,22D,23D. The van der Waals surface area contributed by atoms with Gasteiger partial charge in [-0.05, 0) is 117 Å². The summed E-state index contributed by atoms with van der Waals surface area (Å²) in [5, 5.41) is 12.4. The van der Waals surface area contributed by atoms with E-state index in [0.717, 1.165) is 11.1 Å². The van der Waals surface area contributed by atoms with Crippen molar-refractivity contribution in [3.05, 3.63) is 167 Å². The summed E-state index contributed by atoms with van der Waals surface area (Å²) in [6, 6.07) is 28.9. The van der Waals surface area contributed by atoms with E-state index in [9.17, 15) is 5.11 Å². The fraction of sp³-hybridized carbons (Fsp3) is 0.250. The van der Waals surface area contributed by atoms with E-state index in [1.165, 1.54) is 24.4 Å². The van der Waals surface area contributed by atoms with Crippen LogP contribution in [0, 0.1) is 13.8 Å². The van der Waals surface area contributed by atoms with Crippen molar-refractivity contribution in [2.75, 3.05) is 0 Å². The summed E-state index contributed by atoms with van der Waals surface area (Å²) in [4.78, 5) is 10.1. The molecule has 0 amide bonds. The molecule has 6 aromatic carbocycles. The molecule has 0 aliphatic rings. The summed E-state index contributed by atoms with van der Waals surface area (Å²) in [7, 11) is 0. The smallest absolute Gasteiger partial charge is 0.149 e. The Morgan fingerprint density at radius 3 is 2.03 bits per heavy atom. The van der Waals surface area contributed by atoms with Crippen LogP contribution in [0.4, 0.5) is 0 Å². The third-order valence-corrected chi connectivity index (χ3v) is 10.8. The summed E-state index contributed by atoms with van der Waals surface area (Å²) in [5.74, 6) is 0.219. The number of fused-ring (bicyclic) bond motifs is 1. The lowest BCUT2D eigenvalue weighted by Crippen LogP contribution is -2.13. The second-order valence-corrected chi connectivity index (χ2v) is 17.5. The van der Waals surface area contributed by atoms with Gasteiger partial charge in [-0.1, -0.05) is 152 Å². The minimum atomic E-state index is -3.53. The molecule has 302 valence electrons. The second-order valence-electron chi connectivity index (χ2n) is 17.5. The van der Waals surface area contributed by atoms with Gasteiger partial charge in [-0.25, -0.2) is 4.98 Å². The molecule has 0 spiro atoms. The van der Waals surface area contributed by atoms with Gasteiger partial charge >= 0.3 is 0 Å². The van der Waals surface area contributed by atoms with Gasteiger partial charge in [0, 0.05) is 44.9 Å². The number of aromatic hydroxyl groups is 1. The normalized spacial score (nSPS) is 17.1. The Hall–Kier alpha value is -6.26. The lowest BCUT2D eigenvalue weighted by atomic mass is 9.83. The van der Waals surface area contributed by atoms with Gasteiger partial charge in [-0.15, -0.1) is 0 Å². The van der Waals surface area contributed by atoms with Crippen LogP contribution < -0.4 is 0 Å². The summed E-state index contributed by atoms with van der Waals surface area (Å²) in [5.41, 5.74) is 1.93. The number of phenols is 1. The quantitative estimate of drug-likeness (QED) is 0.182. The molecule has 0 fully saturated rings. The van der Waals surface area contributed by atoms with Crippen molar-refractivity contribution < 1.29 is 27.0 Å². The molecule has 8 aromatic rings. The Morgan fingerprint density at radius 2 is 1.33 bits per heavy atom. The maximum absolute atomic E-state index is 12.4. The minimum absolute atomic E-state index is 0.0434.